The van der Waals surface area contributed by atoms with Crippen LogP contribution in [0.2, 0.25) is 0 Å². The predicted molar refractivity (Wildman–Crippen MR) is 106 cm³/mol. The van der Waals surface area contributed by atoms with Crippen molar-refractivity contribution in [3.63, 3.8) is 0 Å². The van der Waals surface area contributed by atoms with Crippen molar-refractivity contribution in [1.82, 2.24) is 24.9 Å². The molecule has 2 unspecified atom stereocenters. The standard InChI is InChI=1S/C20H22FN7O/c21-16-3-4-18-14(5-6-29-18)15(16)8-23-20-24-9-17(19-26-25-11-28(19)20)27-10-12-1-2-13(27)7-22-12/h3-4,9,11-13,22H,1-2,5-8,10H2,(H,23,24). The molecule has 0 amide bonds. The zero-order valence-corrected chi connectivity index (χ0v) is 15.9. The lowest BCUT2D eigenvalue weighted by molar-refractivity contribution is 0.290. The van der Waals surface area contributed by atoms with E-state index in [1.165, 1.54) is 18.9 Å². The minimum atomic E-state index is -0.227. The SMILES string of the molecule is Fc1ccc2c(c1CNc1ncc(N3CC4CCC3CN4)c3nncn13)CCO2. The van der Waals surface area contributed by atoms with Crippen molar-refractivity contribution >= 4 is 17.3 Å². The Labute approximate surface area is 167 Å². The van der Waals surface area contributed by atoms with E-state index in [0.29, 0.717) is 36.7 Å². The predicted octanol–water partition coefficient (Wildman–Crippen LogP) is 1.75. The van der Waals surface area contributed by atoms with E-state index in [1.807, 2.05) is 10.6 Å². The van der Waals surface area contributed by atoms with Gasteiger partial charge in [0.1, 0.15) is 23.6 Å². The summed E-state index contributed by atoms with van der Waals surface area (Å²) in [5.74, 6) is 1.15. The zero-order chi connectivity index (χ0) is 19.4. The summed E-state index contributed by atoms with van der Waals surface area (Å²) in [4.78, 5) is 7.03. The van der Waals surface area contributed by atoms with E-state index in [-0.39, 0.29) is 5.82 Å². The molecule has 2 atom stereocenters. The number of ether oxygens (including phenoxy) is 1. The van der Waals surface area contributed by atoms with Gasteiger partial charge in [0.25, 0.3) is 0 Å². The fourth-order valence-corrected chi connectivity index (χ4v) is 4.82. The summed E-state index contributed by atoms with van der Waals surface area (Å²) in [6.07, 6.45) is 6.64. The summed E-state index contributed by atoms with van der Waals surface area (Å²) in [5.41, 5.74) is 3.35. The third-order valence-electron chi connectivity index (χ3n) is 6.34. The number of benzene rings is 1. The molecular weight excluding hydrogens is 373 g/mol. The number of hydrogen-bond acceptors (Lipinski definition) is 7. The number of piperazine rings is 1. The Morgan fingerprint density at radius 3 is 3.10 bits per heavy atom. The molecule has 7 rings (SSSR count). The molecule has 0 saturated carbocycles. The molecule has 4 aliphatic rings. The fourth-order valence-electron chi connectivity index (χ4n) is 4.82. The molecule has 3 aromatic rings. The van der Waals surface area contributed by atoms with Gasteiger partial charge in [0.15, 0.2) is 5.65 Å². The van der Waals surface area contributed by atoms with Crippen LogP contribution < -0.4 is 20.3 Å². The van der Waals surface area contributed by atoms with Crippen molar-refractivity contribution in [3.8, 4) is 5.75 Å². The Morgan fingerprint density at radius 1 is 1.31 bits per heavy atom. The van der Waals surface area contributed by atoms with Gasteiger partial charge in [0.2, 0.25) is 5.95 Å². The first-order valence-electron chi connectivity index (χ1n) is 10.1. The molecule has 0 aliphatic carbocycles. The molecule has 8 nitrogen and oxygen atoms in total. The first-order valence-corrected chi connectivity index (χ1v) is 10.1. The van der Waals surface area contributed by atoms with Crippen LogP contribution in [0.5, 0.6) is 5.75 Å². The highest BCUT2D eigenvalue weighted by Crippen LogP contribution is 2.32. The van der Waals surface area contributed by atoms with Crippen molar-refractivity contribution in [2.45, 2.75) is 37.9 Å². The van der Waals surface area contributed by atoms with Gasteiger partial charge >= 0.3 is 0 Å². The summed E-state index contributed by atoms with van der Waals surface area (Å²) < 4.78 is 21.8. The van der Waals surface area contributed by atoms with Crippen molar-refractivity contribution in [3.05, 3.63) is 41.6 Å². The lowest BCUT2D eigenvalue weighted by Crippen LogP contribution is -2.61. The summed E-state index contributed by atoms with van der Waals surface area (Å²) >= 11 is 0. The molecular formula is C20H22FN7O. The monoisotopic (exact) mass is 395 g/mol. The average molecular weight is 395 g/mol. The molecule has 2 aromatic heterocycles. The molecule has 4 aliphatic heterocycles. The van der Waals surface area contributed by atoms with Crippen molar-refractivity contribution in [1.29, 1.82) is 0 Å². The number of nitrogens with one attached hydrogen (secondary N) is 2. The molecule has 9 heteroatoms. The van der Waals surface area contributed by atoms with E-state index in [2.05, 4.69) is 30.7 Å². The number of fused-ring (bicyclic) bond motifs is 5. The summed E-state index contributed by atoms with van der Waals surface area (Å²) in [6.45, 7) is 2.88. The lowest BCUT2D eigenvalue weighted by Gasteiger charge is -2.47. The summed E-state index contributed by atoms with van der Waals surface area (Å²) in [5, 5.41) is 15.3. The summed E-state index contributed by atoms with van der Waals surface area (Å²) in [7, 11) is 0. The van der Waals surface area contributed by atoms with Crippen LogP contribution in [0.3, 0.4) is 0 Å². The fraction of sp³-hybridized carbons (Fsp3) is 0.450. The van der Waals surface area contributed by atoms with Gasteiger partial charge in [0.05, 0.1) is 12.8 Å². The number of hydrogen-bond donors (Lipinski definition) is 2. The van der Waals surface area contributed by atoms with Crippen LogP contribution in [-0.2, 0) is 13.0 Å². The third kappa shape index (κ3) is 2.71. The van der Waals surface area contributed by atoms with E-state index < -0.39 is 0 Å². The number of piperidine rings is 2. The first-order chi connectivity index (χ1) is 14.3. The Balaban J connectivity index is 1.31. The number of nitrogens with zero attached hydrogens (tertiary/aromatic N) is 5. The van der Waals surface area contributed by atoms with Crippen molar-refractivity contribution < 1.29 is 9.13 Å². The molecule has 3 saturated heterocycles. The van der Waals surface area contributed by atoms with Crippen LogP contribution in [0.1, 0.15) is 24.0 Å². The molecule has 6 heterocycles. The van der Waals surface area contributed by atoms with Crippen LogP contribution in [0.15, 0.2) is 24.7 Å². The van der Waals surface area contributed by atoms with Gasteiger partial charge in [-0.1, -0.05) is 0 Å². The van der Waals surface area contributed by atoms with E-state index in [4.69, 9.17) is 4.74 Å². The molecule has 2 bridgehead atoms. The number of halogens is 1. The maximum atomic E-state index is 14.4. The van der Waals surface area contributed by atoms with Crippen LogP contribution in [0, 0.1) is 5.82 Å². The van der Waals surface area contributed by atoms with E-state index in [9.17, 15) is 4.39 Å². The van der Waals surface area contributed by atoms with Gasteiger partial charge in [-0.15, -0.1) is 10.2 Å². The molecule has 1 aromatic carbocycles. The summed E-state index contributed by atoms with van der Waals surface area (Å²) in [6, 6.07) is 4.15. The van der Waals surface area contributed by atoms with Crippen molar-refractivity contribution in [2.75, 3.05) is 29.9 Å². The topological polar surface area (TPSA) is 79.6 Å². The minimum absolute atomic E-state index is 0.227. The van der Waals surface area contributed by atoms with Crippen LogP contribution >= 0.6 is 0 Å². The highest BCUT2D eigenvalue weighted by molar-refractivity contribution is 5.70. The van der Waals surface area contributed by atoms with Gasteiger partial charge in [-0.2, -0.15) is 0 Å². The second-order valence-electron chi connectivity index (χ2n) is 7.93. The quantitative estimate of drug-likeness (QED) is 0.697. The largest absolute Gasteiger partial charge is 0.493 e. The highest BCUT2D eigenvalue weighted by Gasteiger charge is 2.35. The van der Waals surface area contributed by atoms with E-state index >= 15 is 0 Å². The molecule has 0 spiro atoms. The third-order valence-corrected chi connectivity index (χ3v) is 6.34. The number of aromatic nitrogens is 4. The Bertz CT molecular complexity index is 1080. The molecule has 0 radical (unpaired) electrons. The maximum Gasteiger partial charge on any atom is 0.210 e. The minimum Gasteiger partial charge on any atom is -0.493 e. The van der Waals surface area contributed by atoms with Crippen LogP contribution in [0.4, 0.5) is 16.0 Å². The Kier molecular flexibility index (Phi) is 3.83. The highest BCUT2D eigenvalue weighted by atomic mass is 19.1. The zero-order valence-electron chi connectivity index (χ0n) is 15.9. The molecule has 3 fully saturated rings. The van der Waals surface area contributed by atoms with Crippen LogP contribution in [0.25, 0.3) is 5.65 Å². The van der Waals surface area contributed by atoms with Gasteiger partial charge < -0.3 is 20.3 Å². The van der Waals surface area contributed by atoms with Gasteiger partial charge in [-0.3, -0.25) is 0 Å². The van der Waals surface area contributed by atoms with Crippen molar-refractivity contribution in [2.24, 2.45) is 0 Å². The molecule has 2 N–H and O–H groups in total. The second-order valence-corrected chi connectivity index (χ2v) is 7.93. The van der Waals surface area contributed by atoms with E-state index in [0.717, 1.165) is 42.2 Å². The average Bonchev–Trinajstić information content (AvgIpc) is 3.43. The smallest absolute Gasteiger partial charge is 0.210 e. The van der Waals surface area contributed by atoms with Crippen LogP contribution in [-0.4, -0.2) is 51.4 Å². The van der Waals surface area contributed by atoms with Gasteiger partial charge in [0, 0.05) is 49.3 Å². The van der Waals surface area contributed by atoms with E-state index in [1.54, 1.807) is 12.4 Å². The van der Waals surface area contributed by atoms with Gasteiger partial charge in [-0.25, -0.2) is 13.8 Å². The lowest BCUT2D eigenvalue weighted by atomic mass is 9.93. The molecule has 150 valence electrons. The number of rotatable bonds is 4. The Morgan fingerprint density at radius 2 is 2.28 bits per heavy atom. The Hall–Kier alpha value is -2.94. The maximum absolute atomic E-state index is 14.4. The normalized spacial score (nSPS) is 22.7. The number of anilines is 2. The van der Waals surface area contributed by atoms with Gasteiger partial charge in [-0.05, 0) is 25.0 Å². The molecule has 29 heavy (non-hydrogen) atoms. The second kappa shape index (κ2) is 6.55. The first kappa shape index (κ1) is 17.0.